The molecule has 130 valence electrons. The van der Waals surface area contributed by atoms with Gasteiger partial charge in [-0.25, -0.2) is 0 Å². The molecule has 2 aromatic heterocycles. The van der Waals surface area contributed by atoms with Crippen molar-refractivity contribution in [2.45, 2.75) is 50.9 Å². The number of hydrogen-bond donors (Lipinski definition) is 1. The Labute approximate surface area is 135 Å². The second kappa shape index (κ2) is 5.91. The minimum Gasteiger partial charge on any atom is -0.342 e. The quantitative estimate of drug-likeness (QED) is 0.920. The molecule has 2 heterocycles. The van der Waals surface area contributed by atoms with Crippen molar-refractivity contribution in [2.24, 2.45) is 0 Å². The van der Waals surface area contributed by atoms with Gasteiger partial charge in [-0.1, -0.05) is 18.0 Å². The number of nitrogens with one attached hydrogen (secondary N) is 1. The van der Waals surface area contributed by atoms with E-state index in [-0.39, 0.29) is 6.54 Å². The molecular formula is C14H16F3N5O2. The zero-order chi connectivity index (χ0) is 17.4. The molecule has 0 radical (unpaired) electrons. The number of alkyl halides is 3. The van der Waals surface area contributed by atoms with Crippen LogP contribution in [0.3, 0.4) is 0 Å². The molecule has 24 heavy (non-hydrogen) atoms. The molecule has 0 atom stereocenters. The van der Waals surface area contributed by atoms with Gasteiger partial charge in [0.1, 0.15) is 12.1 Å². The van der Waals surface area contributed by atoms with Crippen molar-refractivity contribution in [1.82, 2.24) is 25.2 Å². The summed E-state index contributed by atoms with van der Waals surface area (Å²) in [5.41, 5.74) is -1.76. The fourth-order valence-electron chi connectivity index (χ4n) is 2.93. The summed E-state index contributed by atoms with van der Waals surface area (Å²) in [6.07, 6.45) is -0.296. The highest BCUT2D eigenvalue weighted by Gasteiger charge is 2.41. The van der Waals surface area contributed by atoms with Crippen LogP contribution in [0.25, 0.3) is 0 Å². The van der Waals surface area contributed by atoms with Crippen LogP contribution in [0.4, 0.5) is 13.2 Å². The van der Waals surface area contributed by atoms with Crippen LogP contribution < -0.4 is 5.32 Å². The maximum absolute atomic E-state index is 12.5. The Hall–Kier alpha value is -2.39. The van der Waals surface area contributed by atoms with E-state index in [1.165, 1.54) is 0 Å². The highest BCUT2D eigenvalue weighted by Crippen LogP contribution is 2.37. The Morgan fingerprint density at radius 3 is 2.67 bits per heavy atom. The molecule has 1 amide bonds. The first-order valence-electron chi connectivity index (χ1n) is 7.51. The van der Waals surface area contributed by atoms with Crippen LogP contribution >= 0.6 is 0 Å². The number of carbonyl (C=O) groups excluding carboxylic acids is 1. The van der Waals surface area contributed by atoms with Crippen LogP contribution in [0.2, 0.25) is 0 Å². The monoisotopic (exact) mass is 343 g/mol. The predicted octanol–water partition coefficient (Wildman–Crippen LogP) is 2.18. The lowest BCUT2D eigenvalue weighted by atomic mass is 9.96. The van der Waals surface area contributed by atoms with E-state index in [1.54, 1.807) is 6.92 Å². The van der Waals surface area contributed by atoms with E-state index in [4.69, 9.17) is 4.52 Å². The fourth-order valence-corrected chi connectivity index (χ4v) is 2.93. The molecule has 7 nitrogen and oxygen atoms in total. The van der Waals surface area contributed by atoms with Crippen molar-refractivity contribution in [3.05, 3.63) is 29.7 Å². The molecule has 3 rings (SSSR count). The van der Waals surface area contributed by atoms with Crippen molar-refractivity contribution in [2.75, 3.05) is 0 Å². The minimum absolute atomic E-state index is 0.311. The molecule has 1 fully saturated rings. The molecular weight excluding hydrogens is 327 g/mol. The summed E-state index contributed by atoms with van der Waals surface area (Å²) >= 11 is 0. The van der Waals surface area contributed by atoms with Crippen molar-refractivity contribution in [3.63, 3.8) is 0 Å². The maximum atomic E-state index is 12.5. The highest BCUT2D eigenvalue weighted by atomic mass is 19.4. The lowest BCUT2D eigenvalue weighted by Crippen LogP contribution is -2.46. The van der Waals surface area contributed by atoms with Crippen LogP contribution in [-0.2, 0) is 23.1 Å². The second-order valence-electron chi connectivity index (χ2n) is 5.87. The number of hydrogen-bond acceptors (Lipinski definition) is 5. The van der Waals surface area contributed by atoms with Crippen molar-refractivity contribution < 1.29 is 22.5 Å². The SMILES string of the molecule is Cc1nc(C2(NC(=O)Cn3ccc(C(F)(F)F)n3)CCCC2)no1. The summed E-state index contributed by atoms with van der Waals surface area (Å²) in [5.74, 6) is 0.353. The van der Waals surface area contributed by atoms with Gasteiger partial charge in [-0.15, -0.1) is 0 Å². The first-order chi connectivity index (χ1) is 11.3. The van der Waals surface area contributed by atoms with Gasteiger partial charge in [0.05, 0.1) is 0 Å². The average molecular weight is 343 g/mol. The number of halogens is 3. The third-order valence-electron chi connectivity index (χ3n) is 4.03. The molecule has 0 saturated heterocycles. The highest BCUT2D eigenvalue weighted by molar-refractivity contribution is 5.76. The van der Waals surface area contributed by atoms with E-state index in [0.717, 1.165) is 29.8 Å². The largest absolute Gasteiger partial charge is 0.435 e. The first-order valence-corrected chi connectivity index (χ1v) is 7.51. The van der Waals surface area contributed by atoms with Gasteiger partial charge in [0, 0.05) is 13.1 Å². The predicted molar refractivity (Wildman–Crippen MR) is 74.6 cm³/mol. The van der Waals surface area contributed by atoms with Crippen LogP contribution in [0.5, 0.6) is 0 Å². The molecule has 1 N–H and O–H groups in total. The van der Waals surface area contributed by atoms with Crippen molar-refractivity contribution in [1.29, 1.82) is 0 Å². The van der Waals surface area contributed by atoms with Gasteiger partial charge >= 0.3 is 6.18 Å². The standard InChI is InChI=1S/C14H16F3N5O2/c1-9-18-12(21-24-9)13(5-2-3-6-13)19-11(23)8-22-7-4-10(20-22)14(15,16)17/h4,7H,2-3,5-6,8H2,1H3,(H,19,23). The zero-order valence-electron chi connectivity index (χ0n) is 12.9. The molecule has 1 saturated carbocycles. The Kier molecular flexibility index (Phi) is 4.06. The van der Waals surface area contributed by atoms with Gasteiger partial charge in [-0.05, 0) is 18.9 Å². The molecule has 1 aliphatic rings. The lowest BCUT2D eigenvalue weighted by Gasteiger charge is -2.26. The zero-order valence-corrected chi connectivity index (χ0v) is 12.9. The maximum Gasteiger partial charge on any atom is 0.435 e. The van der Waals surface area contributed by atoms with Crippen LogP contribution in [0, 0.1) is 6.92 Å². The minimum atomic E-state index is -4.53. The van der Waals surface area contributed by atoms with Gasteiger partial charge in [-0.3, -0.25) is 9.48 Å². The Balaban J connectivity index is 1.72. The molecule has 2 aromatic rings. The van der Waals surface area contributed by atoms with E-state index in [2.05, 4.69) is 20.6 Å². The van der Waals surface area contributed by atoms with Gasteiger partial charge < -0.3 is 9.84 Å². The van der Waals surface area contributed by atoms with Crippen molar-refractivity contribution >= 4 is 5.91 Å². The molecule has 10 heteroatoms. The summed E-state index contributed by atoms with van der Waals surface area (Å²) in [5, 5.41) is 10.1. The third kappa shape index (κ3) is 3.26. The van der Waals surface area contributed by atoms with Gasteiger partial charge in [0.15, 0.2) is 11.5 Å². The molecule has 0 unspecified atom stereocenters. The molecule has 0 bridgehead atoms. The number of aromatic nitrogens is 4. The van der Waals surface area contributed by atoms with Gasteiger partial charge in [0.25, 0.3) is 0 Å². The number of carbonyl (C=O) groups is 1. The molecule has 1 aliphatic carbocycles. The first kappa shape index (κ1) is 16.5. The average Bonchev–Trinajstić information content (AvgIpc) is 3.18. The van der Waals surface area contributed by atoms with Crippen molar-refractivity contribution in [3.8, 4) is 0 Å². The van der Waals surface area contributed by atoms with Crippen LogP contribution in [0.15, 0.2) is 16.8 Å². The lowest BCUT2D eigenvalue weighted by molar-refractivity contribution is -0.141. The molecule has 0 spiro atoms. The summed E-state index contributed by atoms with van der Waals surface area (Å²) in [6, 6.07) is 0.834. The summed E-state index contributed by atoms with van der Waals surface area (Å²) < 4.78 is 43.6. The molecule has 0 aliphatic heterocycles. The summed E-state index contributed by atoms with van der Waals surface area (Å²) in [4.78, 5) is 16.5. The Morgan fingerprint density at radius 2 is 2.12 bits per heavy atom. The normalized spacial score (nSPS) is 17.2. The number of rotatable bonds is 4. The van der Waals surface area contributed by atoms with Gasteiger partial charge in [0.2, 0.25) is 11.8 Å². The summed E-state index contributed by atoms with van der Waals surface area (Å²) in [7, 11) is 0. The van der Waals surface area contributed by atoms with E-state index in [9.17, 15) is 18.0 Å². The smallest absolute Gasteiger partial charge is 0.342 e. The Morgan fingerprint density at radius 1 is 1.42 bits per heavy atom. The topological polar surface area (TPSA) is 85.8 Å². The fraction of sp³-hybridized carbons (Fsp3) is 0.571. The van der Waals surface area contributed by atoms with E-state index in [0.29, 0.717) is 24.6 Å². The number of nitrogens with zero attached hydrogens (tertiary/aromatic N) is 4. The van der Waals surface area contributed by atoms with E-state index in [1.807, 2.05) is 0 Å². The van der Waals surface area contributed by atoms with Crippen LogP contribution in [-0.4, -0.2) is 25.8 Å². The third-order valence-corrected chi connectivity index (χ3v) is 4.03. The number of amides is 1. The van der Waals surface area contributed by atoms with Gasteiger partial charge in [-0.2, -0.15) is 23.3 Å². The number of aryl methyl sites for hydroxylation is 1. The molecule has 0 aromatic carbocycles. The van der Waals surface area contributed by atoms with E-state index < -0.39 is 23.3 Å². The second-order valence-corrected chi connectivity index (χ2v) is 5.87. The van der Waals surface area contributed by atoms with Crippen LogP contribution in [0.1, 0.15) is 43.1 Å². The summed E-state index contributed by atoms with van der Waals surface area (Å²) in [6.45, 7) is 1.35. The Bertz CT molecular complexity index is 731. The van der Waals surface area contributed by atoms with E-state index >= 15 is 0 Å².